The Morgan fingerprint density at radius 3 is 2.80 bits per heavy atom. The number of aromatic nitrogens is 3. The molecular formula is C19H26N4O2. The van der Waals surface area contributed by atoms with E-state index >= 15 is 0 Å². The lowest BCUT2D eigenvalue weighted by atomic mass is 9.91. The summed E-state index contributed by atoms with van der Waals surface area (Å²) in [6.07, 6.45) is 3.37. The maximum Gasteiger partial charge on any atom is 0.160 e. The highest BCUT2D eigenvalue weighted by molar-refractivity contribution is 5.97. The van der Waals surface area contributed by atoms with E-state index in [0.29, 0.717) is 13.2 Å². The van der Waals surface area contributed by atoms with Crippen molar-refractivity contribution in [3.63, 3.8) is 0 Å². The molecule has 0 radical (unpaired) electrons. The standard InChI is InChI=1S/C19H26N4O2/c1-13-7-14(2)19(16(4)24)15(3)18(13)10-22-5-6-25-17(8-22)9-23-12-20-11-21-23/h7,11-12,17H,5-6,8-10H2,1-4H3. The molecule has 1 aromatic heterocycles. The smallest absolute Gasteiger partial charge is 0.160 e. The third-order valence-corrected chi connectivity index (χ3v) is 4.94. The second-order valence-corrected chi connectivity index (χ2v) is 6.89. The van der Waals surface area contributed by atoms with Crippen molar-refractivity contribution in [3.8, 4) is 0 Å². The average molecular weight is 342 g/mol. The number of nitrogens with zero attached hydrogens (tertiary/aromatic N) is 4. The molecule has 25 heavy (non-hydrogen) atoms. The lowest BCUT2D eigenvalue weighted by molar-refractivity contribution is -0.0403. The molecule has 1 unspecified atom stereocenters. The first kappa shape index (κ1) is 17.8. The van der Waals surface area contributed by atoms with E-state index in [-0.39, 0.29) is 11.9 Å². The van der Waals surface area contributed by atoms with Crippen LogP contribution in [0.5, 0.6) is 0 Å². The average Bonchev–Trinajstić information content (AvgIpc) is 3.04. The minimum atomic E-state index is 0.105. The Hall–Kier alpha value is -2.05. The summed E-state index contributed by atoms with van der Waals surface area (Å²) < 4.78 is 7.69. The number of aryl methyl sites for hydroxylation is 2. The molecule has 1 aliphatic heterocycles. The van der Waals surface area contributed by atoms with Crippen LogP contribution in [0.4, 0.5) is 0 Å². The number of rotatable bonds is 5. The number of hydrogen-bond acceptors (Lipinski definition) is 5. The van der Waals surface area contributed by atoms with Crippen molar-refractivity contribution in [3.05, 3.63) is 46.5 Å². The van der Waals surface area contributed by atoms with Crippen molar-refractivity contribution in [1.82, 2.24) is 19.7 Å². The number of ether oxygens (including phenoxy) is 1. The quantitative estimate of drug-likeness (QED) is 0.781. The van der Waals surface area contributed by atoms with Gasteiger partial charge in [-0.15, -0.1) is 0 Å². The number of carbonyl (C=O) groups excluding carboxylic acids is 1. The third-order valence-electron chi connectivity index (χ3n) is 4.94. The maximum atomic E-state index is 12.0. The molecule has 0 bridgehead atoms. The molecule has 1 atom stereocenters. The van der Waals surface area contributed by atoms with Crippen molar-refractivity contribution in [2.24, 2.45) is 0 Å². The molecule has 6 heteroatoms. The molecule has 1 aliphatic rings. The van der Waals surface area contributed by atoms with E-state index < -0.39 is 0 Å². The lowest BCUT2D eigenvalue weighted by Crippen LogP contribution is -2.44. The molecule has 0 saturated carbocycles. The van der Waals surface area contributed by atoms with Gasteiger partial charge in [0.05, 0.1) is 19.3 Å². The molecule has 1 saturated heterocycles. The fraction of sp³-hybridized carbons (Fsp3) is 0.526. The summed E-state index contributed by atoms with van der Waals surface area (Å²) in [7, 11) is 0. The summed E-state index contributed by atoms with van der Waals surface area (Å²) in [5.74, 6) is 0.141. The lowest BCUT2D eigenvalue weighted by Gasteiger charge is -2.33. The van der Waals surface area contributed by atoms with Crippen LogP contribution in [0, 0.1) is 20.8 Å². The van der Waals surface area contributed by atoms with E-state index in [4.69, 9.17) is 4.74 Å². The number of morpholine rings is 1. The third kappa shape index (κ3) is 3.96. The fourth-order valence-corrected chi connectivity index (χ4v) is 3.81. The number of Topliss-reactive ketones (excluding diaryl/α,β-unsaturated/α-hetero) is 1. The van der Waals surface area contributed by atoms with Crippen molar-refractivity contribution < 1.29 is 9.53 Å². The van der Waals surface area contributed by atoms with E-state index in [1.807, 2.05) is 11.6 Å². The van der Waals surface area contributed by atoms with Gasteiger partial charge >= 0.3 is 0 Å². The van der Waals surface area contributed by atoms with Crippen LogP contribution in [0.2, 0.25) is 0 Å². The number of benzene rings is 1. The Morgan fingerprint density at radius 1 is 1.32 bits per heavy atom. The Kier molecular flexibility index (Phi) is 5.30. The van der Waals surface area contributed by atoms with Crippen LogP contribution in [-0.2, 0) is 17.8 Å². The van der Waals surface area contributed by atoms with Crippen LogP contribution in [0.1, 0.15) is 39.5 Å². The monoisotopic (exact) mass is 342 g/mol. The van der Waals surface area contributed by atoms with E-state index in [1.54, 1.807) is 19.6 Å². The van der Waals surface area contributed by atoms with E-state index in [9.17, 15) is 4.79 Å². The van der Waals surface area contributed by atoms with E-state index in [1.165, 1.54) is 11.1 Å². The van der Waals surface area contributed by atoms with Crippen LogP contribution < -0.4 is 0 Å². The summed E-state index contributed by atoms with van der Waals surface area (Å²) in [5, 5.41) is 4.16. The minimum absolute atomic E-state index is 0.105. The van der Waals surface area contributed by atoms with Gasteiger partial charge in [0, 0.05) is 25.2 Å². The van der Waals surface area contributed by atoms with Crippen LogP contribution in [-0.4, -0.2) is 51.2 Å². The van der Waals surface area contributed by atoms with E-state index in [0.717, 1.165) is 36.3 Å². The molecular weight excluding hydrogens is 316 g/mol. The van der Waals surface area contributed by atoms with Crippen molar-refractivity contribution >= 4 is 5.78 Å². The molecule has 1 aromatic carbocycles. The van der Waals surface area contributed by atoms with Crippen molar-refractivity contribution in [2.75, 3.05) is 19.7 Å². The number of hydrogen-bond donors (Lipinski definition) is 0. The highest BCUT2D eigenvalue weighted by Gasteiger charge is 2.23. The first-order valence-electron chi connectivity index (χ1n) is 8.72. The SMILES string of the molecule is CC(=O)c1c(C)cc(C)c(CN2CCOC(Cn3cncn3)C2)c1C. The van der Waals surface area contributed by atoms with Crippen LogP contribution in [0.25, 0.3) is 0 Å². The second kappa shape index (κ2) is 7.45. The van der Waals surface area contributed by atoms with Gasteiger partial charge in [-0.3, -0.25) is 14.4 Å². The molecule has 0 N–H and O–H groups in total. The molecule has 6 nitrogen and oxygen atoms in total. The molecule has 0 spiro atoms. The summed E-state index contributed by atoms with van der Waals surface area (Å²) in [6.45, 7) is 11.9. The zero-order chi connectivity index (χ0) is 18.0. The Morgan fingerprint density at radius 2 is 2.12 bits per heavy atom. The molecule has 0 aliphatic carbocycles. The van der Waals surface area contributed by atoms with Crippen molar-refractivity contribution in [2.45, 2.75) is 46.9 Å². The fourth-order valence-electron chi connectivity index (χ4n) is 3.81. The predicted octanol–water partition coefficient (Wildman–Crippen LogP) is 2.31. The Bertz CT molecular complexity index is 755. The van der Waals surface area contributed by atoms with Gasteiger partial charge in [0.1, 0.15) is 12.7 Å². The highest BCUT2D eigenvalue weighted by atomic mass is 16.5. The zero-order valence-corrected chi connectivity index (χ0v) is 15.5. The molecule has 1 fully saturated rings. The molecule has 134 valence electrons. The minimum Gasteiger partial charge on any atom is -0.374 e. The van der Waals surface area contributed by atoms with E-state index in [2.05, 4.69) is 34.9 Å². The van der Waals surface area contributed by atoms with Gasteiger partial charge in [-0.05, 0) is 49.9 Å². The van der Waals surface area contributed by atoms with Gasteiger partial charge in [-0.1, -0.05) is 6.07 Å². The van der Waals surface area contributed by atoms with Crippen molar-refractivity contribution in [1.29, 1.82) is 0 Å². The second-order valence-electron chi connectivity index (χ2n) is 6.89. The number of carbonyl (C=O) groups is 1. The summed E-state index contributed by atoms with van der Waals surface area (Å²) in [5.41, 5.74) is 5.56. The maximum absolute atomic E-state index is 12.0. The van der Waals surface area contributed by atoms with Crippen LogP contribution >= 0.6 is 0 Å². The summed E-state index contributed by atoms with van der Waals surface area (Å²) in [6, 6.07) is 2.13. The molecule has 2 aromatic rings. The van der Waals surface area contributed by atoms with Gasteiger partial charge in [-0.25, -0.2) is 4.98 Å². The predicted molar refractivity (Wildman–Crippen MR) is 95.7 cm³/mol. The summed E-state index contributed by atoms with van der Waals surface area (Å²) >= 11 is 0. The van der Waals surface area contributed by atoms with Crippen LogP contribution in [0.15, 0.2) is 18.7 Å². The largest absolute Gasteiger partial charge is 0.374 e. The Labute approximate surface area is 148 Å². The number of ketones is 1. The molecule has 3 rings (SSSR count). The first-order valence-corrected chi connectivity index (χ1v) is 8.72. The first-order chi connectivity index (χ1) is 12.0. The molecule has 2 heterocycles. The normalized spacial score (nSPS) is 18.5. The zero-order valence-electron chi connectivity index (χ0n) is 15.5. The van der Waals surface area contributed by atoms with Gasteiger partial charge in [0.25, 0.3) is 0 Å². The van der Waals surface area contributed by atoms with Gasteiger partial charge in [-0.2, -0.15) is 5.10 Å². The van der Waals surface area contributed by atoms with Crippen LogP contribution in [0.3, 0.4) is 0 Å². The van der Waals surface area contributed by atoms with Gasteiger partial charge < -0.3 is 4.74 Å². The molecule has 0 amide bonds. The van der Waals surface area contributed by atoms with Gasteiger partial charge in [0.15, 0.2) is 5.78 Å². The summed E-state index contributed by atoms with van der Waals surface area (Å²) in [4.78, 5) is 18.4. The van der Waals surface area contributed by atoms with Gasteiger partial charge in [0.2, 0.25) is 0 Å². The Balaban J connectivity index is 1.75. The highest BCUT2D eigenvalue weighted by Crippen LogP contribution is 2.25. The topological polar surface area (TPSA) is 60.2 Å².